The zero-order chi connectivity index (χ0) is 15.7. The molecule has 0 aliphatic heterocycles. The van der Waals surface area contributed by atoms with Crippen molar-refractivity contribution in [1.82, 2.24) is 0 Å². The number of allylic oxidation sites excluding steroid dienone is 2. The van der Waals surface area contributed by atoms with Gasteiger partial charge in [0, 0.05) is 17.7 Å². The van der Waals surface area contributed by atoms with Gasteiger partial charge in [0.1, 0.15) is 6.61 Å². The van der Waals surface area contributed by atoms with Crippen LogP contribution in [0, 0.1) is 6.92 Å². The number of anilines is 1. The lowest BCUT2D eigenvalue weighted by Crippen LogP contribution is -2.02. The lowest BCUT2D eigenvalue weighted by Gasteiger charge is -2.14. The second-order valence-electron chi connectivity index (χ2n) is 5.31. The first-order valence-electron chi connectivity index (χ1n) is 7.48. The van der Waals surface area contributed by atoms with Crippen molar-refractivity contribution in [2.75, 3.05) is 11.5 Å². The van der Waals surface area contributed by atoms with E-state index in [1.807, 2.05) is 6.08 Å². The van der Waals surface area contributed by atoms with Crippen molar-refractivity contribution >= 4 is 18.3 Å². The maximum Gasteiger partial charge on any atom is 0.115 e. The molecule has 21 heavy (non-hydrogen) atoms. The summed E-state index contributed by atoms with van der Waals surface area (Å²) in [4.78, 5) is 0. The van der Waals surface area contributed by atoms with Gasteiger partial charge in [-0.2, -0.15) is 12.6 Å². The highest BCUT2D eigenvalue weighted by Crippen LogP contribution is 2.22. The third-order valence-electron chi connectivity index (χ3n) is 3.51. The van der Waals surface area contributed by atoms with Crippen LogP contribution >= 0.6 is 12.6 Å². The van der Waals surface area contributed by atoms with E-state index in [1.165, 1.54) is 11.1 Å². The Kier molecular flexibility index (Phi) is 8.06. The van der Waals surface area contributed by atoms with E-state index >= 15 is 0 Å². The van der Waals surface area contributed by atoms with E-state index in [9.17, 15) is 0 Å². The number of aryl methyl sites for hydroxylation is 2. The van der Waals surface area contributed by atoms with Crippen molar-refractivity contribution in [2.45, 2.75) is 45.6 Å². The van der Waals surface area contributed by atoms with Crippen LogP contribution in [0.1, 0.15) is 42.4 Å². The molecule has 0 amide bonds. The molecule has 2 nitrogen and oxygen atoms in total. The Morgan fingerprint density at radius 3 is 2.76 bits per heavy atom. The van der Waals surface area contributed by atoms with Crippen LogP contribution in [0.4, 0.5) is 5.69 Å². The lowest BCUT2D eigenvalue weighted by atomic mass is 9.99. The highest BCUT2D eigenvalue weighted by atomic mass is 32.1. The molecule has 1 aromatic carbocycles. The number of rotatable bonds is 10. The minimum atomic E-state index is 0.486. The van der Waals surface area contributed by atoms with Crippen molar-refractivity contribution in [3.63, 3.8) is 0 Å². The normalized spacial score (nSPS) is 10.4. The van der Waals surface area contributed by atoms with Crippen molar-refractivity contribution in [3.8, 4) is 0 Å². The Hall–Kier alpha value is -1.35. The zero-order valence-electron chi connectivity index (χ0n) is 13.0. The number of nitrogens with two attached hydrogens (primary N) is 1. The third-order valence-corrected chi connectivity index (χ3v) is 3.83. The molecule has 0 aliphatic rings. The molecule has 2 N–H and O–H groups in total. The second-order valence-corrected chi connectivity index (χ2v) is 5.76. The molecule has 0 radical (unpaired) electrons. The minimum absolute atomic E-state index is 0.486. The summed E-state index contributed by atoms with van der Waals surface area (Å²) in [6.45, 7) is 10.2. The lowest BCUT2D eigenvalue weighted by molar-refractivity contribution is 0.191. The number of hydrogen-bond acceptors (Lipinski definition) is 3. The standard InChI is InChI=1S/C18H27NOS/c1-4-5-8-15(3)20-13-17-11-14(2)16(12-18(17)19)9-6-7-10-21/h4,11-12,21H,1,3,5-10,13,19H2,2H3. The number of thiol groups is 1. The SMILES string of the molecule is C=CCCC(=C)OCc1cc(C)c(CCCCS)cc1N. The molecule has 0 saturated carbocycles. The van der Waals surface area contributed by atoms with E-state index < -0.39 is 0 Å². The van der Waals surface area contributed by atoms with Gasteiger partial charge in [-0.25, -0.2) is 0 Å². The molecule has 0 fully saturated rings. The number of nitrogen functional groups attached to an aromatic ring is 1. The van der Waals surface area contributed by atoms with Crippen LogP contribution in [0.2, 0.25) is 0 Å². The monoisotopic (exact) mass is 305 g/mol. The van der Waals surface area contributed by atoms with Gasteiger partial charge in [-0.15, -0.1) is 6.58 Å². The van der Waals surface area contributed by atoms with E-state index in [-0.39, 0.29) is 0 Å². The number of unbranched alkanes of at least 4 members (excludes halogenated alkanes) is 1. The first-order chi connectivity index (χ1) is 10.1. The first-order valence-corrected chi connectivity index (χ1v) is 8.12. The molecule has 0 aromatic heterocycles. The molecular formula is C18H27NOS. The van der Waals surface area contributed by atoms with E-state index in [1.54, 1.807) is 0 Å². The summed E-state index contributed by atoms with van der Waals surface area (Å²) < 4.78 is 5.67. The van der Waals surface area contributed by atoms with Gasteiger partial charge in [-0.3, -0.25) is 0 Å². The van der Waals surface area contributed by atoms with Crippen LogP contribution in [0.25, 0.3) is 0 Å². The summed E-state index contributed by atoms with van der Waals surface area (Å²) in [5.74, 6) is 1.72. The molecule has 0 aliphatic carbocycles. The van der Waals surface area contributed by atoms with Gasteiger partial charge in [0.25, 0.3) is 0 Å². The molecule has 3 heteroatoms. The van der Waals surface area contributed by atoms with Crippen LogP contribution in [-0.4, -0.2) is 5.75 Å². The second kappa shape index (κ2) is 9.56. The van der Waals surface area contributed by atoms with Gasteiger partial charge in [0.2, 0.25) is 0 Å². The molecule has 1 rings (SSSR count). The largest absolute Gasteiger partial charge is 0.494 e. The molecule has 0 spiro atoms. The fourth-order valence-electron chi connectivity index (χ4n) is 2.17. The Bertz CT molecular complexity index is 482. The van der Waals surface area contributed by atoms with E-state index in [0.29, 0.717) is 6.61 Å². The highest BCUT2D eigenvalue weighted by Gasteiger charge is 2.06. The first kappa shape index (κ1) is 17.7. The summed E-state index contributed by atoms with van der Waals surface area (Å²) in [5.41, 5.74) is 10.6. The Morgan fingerprint density at radius 1 is 1.33 bits per heavy atom. The highest BCUT2D eigenvalue weighted by molar-refractivity contribution is 7.80. The van der Waals surface area contributed by atoms with Crippen LogP contribution in [-0.2, 0) is 17.8 Å². The van der Waals surface area contributed by atoms with Gasteiger partial charge >= 0.3 is 0 Å². The molecule has 0 heterocycles. The topological polar surface area (TPSA) is 35.2 Å². The summed E-state index contributed by atoms with van der Waals surface area (Å²) in [6, 6.07) is 4.21. The third kappa shape index (κ3) is 6.30. The molecule has 0 atom stereocenters. The molecular weight excluding hydrogens is 278 g/mol. The molecule has 0 saturated heterocycles. The van der Waals surface area contributed by atoms with Gasteiger partial charge in [0.05, 0.1) is 5.76 Å². The molecule has 1 aromatic rings. The summed E-state index contributed by atoms with van der Waals surface area (Å²) in [5, 5.41) is 0. The predicted octanol–water partition coefficient (Wildman–Crippen LogP) is 4.83. The Morgan fingerprint density at radius 2 is 2.10 bits per heavy atom. The fraction of sp³-hybridized carbons (Fsp3) is 0.444. The van der Waals surface area contributed by atoms with Crippen LogP contribution in [0.3, 0.4) is 0 Å². The fourth-order valence-corrected chi connectivity index (χ4v) is 2.39. The van der Waals surface area contributed by atoms with Gasteiger partial charge < -0.3 is 10.5 Å². The Labute approximate surface area is 134 Å². The average molecular weight is 305 g/mol. The smallest absolute Gasteiger partial charge is 0.115 e. The van der Waals surface area contributed by atoms with E-state index in [0.717, 1.165) is 54.9 Å². The van der Waals surface area contributed by atoms with E-state index in [2.05, 4.69) is 44.8 Å². The van der Waals surface area contributed by atoms with Crippen LogP contribution in [0.5, 0.6) is 0 Å². The maximum atomic E-state index is 6.14. The van der Waals surface area contributed by atoms with Crippen LogP contribution < -0.4 is 5.73 Å². The quantitative estimate of drug-likeness (QED) is 0.213. The summed E-state index contributed by atoms with van der Waals surface area (Å²) in [7, 11) is 0. The van der Waals surface area contributed by atoms with Gasteiger partial charge in [-0.1, -0.05) is 18.7 Å². The maximum absolute atomic E-state index is 6.14. The molecule has 0 unspecified atom stereocenters. The van der Waals surface area contributed by atoms with Crippen molar-refractivity contribution in [1.29, 1.82) is 0 Å². The van der Waals surface area contributed by atoms with Crippen LogP contribution in [0.15, 0.2) is 37.1 Å². The average Bonchev–Trinajstić information content (AvgIpc) is 2.47. The van der Waals surface area contributed by atoms with Crippen molar-refractivity contribution in [2.24, 2.45) is 0 Å². The Balaban J connectivity index is 2.61. The summed E-state index contributed by atoms with van der Waals surface area (Å²) in [6.07, 6.45) is 6.91. The van der Waals surface area contributed by atoms with E-state index in [4.69, 9.17) is 10.5 Å². The number of ether oxygens (including phenoxy) is 1. The zero-order valence-corrected chi connectivity index (χ0v) is 13.9. The summed E-state index contributed by atoms with van der Waals surface area (Å²) >= 11 is 4.24. The number of benzene rings is 1. The van der Waals surface area contributed by atoms with Gasteiger partial charge in [0.15, 0.2) is 0 Å². The molecule has 116 valence electrons. The van der Waals surface area contributed by atoms with Gasteiger partial charge in [-0.05, 0) is 55.6 Å². The minimum Gasteiger partial charge on any atom is -0.494 e. The van der Waals surface area contributed by atoms with Crippen molar-refractivity contribution in [3.05, 3.63) is 53.8 Å². The number of hydrogen-bond donors (Lipinski definition) is 2. The van der Waals surface area contributed by atoms with Crippen molar-refractivity contribution < 1.29 is 4.74 Å². The molecule has 0 bridgehead atoms. The predicted molar refractivity (Wildman–Crippen MR) is 95.7 cm³/mol.